The third-order valence-electron chi connectivity index (χ3n) is 0. The second-order valence-corrected chi connectivity index (χ2v) is 2.42. The molecule has 0 bridgehead atoms. The van der Waals surface area contributed by atoms with Crippen molar-refractivity contribution in [1.82, 2.24) is 0 Å². The van der Waals surface area contributed by atoms with E-state index >= 15 is 0 Å². The topological polar surface area (TPSA) is 110 Å². The summed E-state index contributed by atoms with van der Waals surface area (Å²) in [6.07, 6.45) is 0. The van der Waals surface area contributed by atoms with Crippen molar-refractivity contribution >= 4 is 0 Å². The van der Waals surface area contributed by atoms with Crippen LogP contribution >= 0.6 is 0 Å². The van der Waals surface area contributed by atoms with E-state index in [4.69, 9.17) is 14.3 Å². The van der Waals surface area contributed by atoms with Gasteiger partial charge in [0, 0.05) is 0 Å². The summed E-state index contributed by atoms with van der Waals surface area (Å²) >= 11 is -6.02. The molecule has 5 nitrogen and oxygen atoms in total. The first kappa shape index (κ1) is 9.48. The van der Waals surface area contributed by atoms with Gasteiger partial charge in [0.05, 0.1) is 0 Å². The standard InChI is InChI=1S/Mo.H2O.4O/h;1H2;;;;/q;;;;2*-1/p-1. The number of hydrogen-bond donors (Lipinski definition) is 0. The summed E-state index contributed by atoms with van der Waals surface area (Å²) in [6.45, 7) is 0. The maximum atomic E-state index is 8.63. The normalized spacial score (nSPS) is 9.67. The van der Waals surface area contributed by atoms with Crippen LogP contribution in [0.4, 0.5) is 0 Å². The predicted molar refractivity (Wildman–Crippen MR) is 3.31 cm³/mol. The van der Waals surface area contributed by atoms with Crippen molar-refractivity contribution < 1.29 is 36.5 Å². The molecule has 0 aliphatic carbocycles. The van der Waals surface area contributed by atoms with Crippen LogP contribution in [-0.4, -0.2) is 5.48 Å². The van der Waals surface area contributed by atoms with Crippen LogP contribution in [0.15, 0.2) is 0 Å². The monoisotopic (exact) mass is 179 g/mol. The van der Waals surface area contributed by atoms with Crippen molar-refractivity contribution in [2.45, 2.75) is 0 Å². The summed E-state index contributed by atoms with van der Waals surface area (Å²) in [4.78, 5) is 0. The molecule has 0 aromatic carbocycles. The predicted octanol–water partition coefficient (Wildman–Crippen LogP) is -2.79. The Morgan fingerprint density at radius 2 is 1.17 bits per heavy atom. The Hall–Kier alpha value is 0.168. The molecule has 6 heteroatoms. The molecule has 0 spiro atoms. The molecule has 0 aliphatic rings. The van der Waals surface area contributed by atoms with Crippen LogP contribution in [0.3, 0.4) is 0 Å². The molecule has 0 radical (unpaired) electrons. The summed E-state index contributed by atoms with van der Waals surface area (Å²) in [5, 5.41) is 0. The molecule has 0 unspecified atom stereocenters. The first-order chi connectivity index (χ1) is 2.00. The van der Waals surface area contributed by atoms with Crippen molar-refractivity contribution in [1.29, 1.82) is 0 Å². The fourth-order valence-corrected chi connectivity index (χ4v) is 0. The van der Waals surface area contributed by atoms with Crippen molar-refractivity contribution in [3.05, 3.63) is 0 Å². The van der Waals surface area contributed by atoms with Crippen LogP contribution in [-0.2, 0) is 23.5 Å². The zero-order valence-electron chi connectivity index (χ0n) is 2.49. The van der Waals surface area contributed by atoms with Gasteiger partial charge in [0.2, 0.25) is 0 Å². The quantitative estimate of drug-likeness (QED) is 0.371. The van der Waals surface area contributed by atoms with Crippen LogP contribution in [0, 0.1) is 0 Å². The fourth-order valence-electron chi connectivity index (χ4n) is 0. The molecule has 0 fully saturated rings. The van der Waals surface area contributed by atoms with Gasteiger partial charge in [-0.3, -0.25) is 0 Å². The molecule has 6 heavy (non-hydrogen) atoms. The van der Waals surface area contributed by atoms with Gasteiger partial charge in [-0.15, -0.1) is 0 Å². The van der Waals surface area contributed by atoms with E-state index in [1.54, 1.807) is 0 Å². The van der Waals surface area contributed by atoms with Crippen molar-refractivity contribution in [3.8, 4) is 0 Å². The van der Waals surface area contributed by atoms with Gasteiger partial charge in [0.15, 0.2) is 0 Å². The zero-order chi connectivity index (χ0) is 4.50. The van der Waals surface area contributed by atoms with E-state index in [9.17, 15) is 0 Å². The Labute approximate surface area is 37.3 Å². The van der Waals surface area contributed by atoms with Crippen LogP contribution < -0.4 is 7.52 Å². The first-order valence-electron chi connectivity index (χ1n) is 0.667. The Kier molecular flexibility index (Phi) is 3.73. The molecule has 0 amide bonds. The molecule has 0 rings (SSSR count). The third-order valence-corrected chi connectivity index (χ3v) is 0. The number of hydrogen-bond acceptors (Lipinski definition) is 5. The number of rotatable bonds is 0. The molecule has 0 heterocycles. The second-order valence-electron chi connectivity index (χ2n) is 0.408. The summed E-state index contributed by atoms with van der Waals surface area (Å²) in [7, 11) is 0. The van der Waals surface area contributed by atoms with Gasteiger partial charge in [-0.05, 0) is 0 Å². The van der Waals surface area contributed by atoms with E-state index in [0.717, 1.165) is 0 Å². The van der Waals surface area contributed by atoms with Gasteiger partial charge in [-0.25, -0.2) is 0 Å². The molecular formula is HMoO5-3. The van der Waals surface area contributed by atoms with Crippen molar-refractivity contribution in [2.24, 2.45) is 0 Å². The van der Waals surface area contributed by atoms with Crippen LogP contribution in [0.5, 0.6) is 0 Å². The Bertz CT molecular complexity index is 87.1. The van der Waals surface area contributed by atoms with E-state index in [2.05, 4.69) is 0 Å². The van der Waals surface area contributed by atoms with E-state index in [0.29, 0.717) is 0 Å². The summed E-state index contributed by atoms with van der Waals surface area (Å²) in [5.41, 5.74) is 0. The van der Waals surface area contributed by atoms with Gasteiger partial charge < -0.3 is 5.48 Å². The van der Waals surface area contributed by atoms with Gasteiger partial charge in [0.1, 0.15) is 0 Å². The molecule has 0 aromatic rings. The van der Waals surface area contributed by atoms with Gasteiger partial charge in [0.25, 0.3) is 0 Å². The minimum atomic E-state index is -6.02. The SMILES string of the molecule is [OH-].[O]=[Mo](=[O])([O-])[O-]. The van der Waals surface area contributed by atoms with E-state index in [1.165, 1.54) is 0 Å². The molecule has 40 valence electrons. The average molecular weight is 177 g/mol. The van der Waals surface area contributed by atoms with Crippen LogP contribution in [0.25, 0.3) is 0 Å². The summed E-state index contributed by atoms with van der Waals surface area (Å²) in [5.74, 6) is 0. The average Bonchev–Trinajstić information content (AvgIpc) is 0.722. The van der Waals surface area contributed by atoms with E-state index < -0.39 is 16.7 Å². The molecule has 0 atom stereocenters. The van der Waals surface area contributed by atoms with Gasteiger partial charge >= 0.3 is 31.1 Å². The minimum absolute atomic E-state index is 0. The molecule has 0 saturated carbocycles. The van der Waals surface area contributed by atoms with Crippen molar-refractivity contribution in [3.63, 3.8) is 0 Å². The second kappa shape index (κ2) is 2.36. The zero-order valence-corrected chi connectivity index (χ0v) is 4.50. The van der Waals surface area contributed by atoms with Gasteiger partial charge in [-0.2, -0.15) is 0 Å². The molecule has 0 aromatic heterocycles. The molecule has 1 N–H and O–H groups in total. The summed E-state index contributed by atoms with van der Waals surface area (Å²) < 4.78 is 34.5. The Morgan fingerprint density at radius 1 is 1.17 bits per heavy atom. The van der Waals surface area contributed by atoms with E-state index in [-0.39, 0.29) is 5.48 Å². The maximum absolute atomic E-state index is 8.63. The summed E-state index contributed by atoms with van der Waals surface area (Å²) in [6, 6.07) is 0. The first-order valence-corrected chi connectivity index (χ1v) is 3.94. The molecule has 0 aliphatic heterocycles. The van der Waals surface area contributed by atoms with Crippen molar-refractivity contribution in [2.75, 3.05) is 0 Å². The Balaban J connectivity index is 0. The third kappa shape index (κ3) is 1480. The Morgan fingerprint density at radius 3 is 1.17 bits per heavy atom. The fraction of sp³-hybridized carbons (Fsp3) is 0. The van der Waals surface area contributed by atoms with Crippen LogP contribution in [0.2, 0.25) is 0 Å². The molecule has 0 saturated heterocycles. The van der Waals surface area contributed by atoms with E-state index in [1.807, 2.05) is 0 Å². The molecular weight excluding hydrogens is 176 g/mol. The van der Waals surface area contributed by atoms with Gasteiger partial charge in [-0.1, -0.05) is 0 Å². The van der Waals surface area contributed by atoms with Crippen LogP contribution in [0.1, 0.15) is 0 Å².